The number of aromatic nitrogens is 2. The monoisotopic (exact) mass is 382 g/mol. The second kappa shape index (κ2) is 7.75. The largest absolute Gasteiger partial charge is 0.378 e. The highest BCUT2D eigenvalue weighted by Gasteiger charge is 2.30. The van der Waals surface area contributed by atoms with Gasteiger partial charge in [0, 0.05) is 25.3 Å². The molecule has 3 heterocycles. The molecule has 2 aliphatic rings. The van der Waals surface area contributed by atoms with Crippen molar-refractivity contribution >= 4 is 17.5 Å². The van der Waals surface area contributed by atoms with Gasteiger partial charge in [-0.25, -0.2) is 4.98 Å². The van der Waals surface area contributed by atoms with E-state index >= 15 is 0 Å². The van der Waals surface area contributed by atoms with Gasteiger partial charge >= 0.3 is 0 Å². The predicted octanol–water partition coefficient (Wildman–Crippen LogP) is 2.56. The zero-order valence-corrected chi connectivity index (χ0v) is 16.5. The lowest BCUT2D eigenvalue weighted by Gasteiger charge is -2.27. The van der Waals surface area contributed by atoms with Crippen molar-refractivity contribution in [1.82, 2.24) is 14.5 Å². The first kappa shape index (κ1) is 18.7. The third-order valence-corrected chi connectivity index (χ3v) is 5.45. The number of anilines is 1. The number of benzene rings is 1. The summed E-state index contributed by atoms with van der Waals surface area (Å²) in [4.78, 5) is 32.3. The molecule has 0 spiro atoms. The molecule has 0 unspecified atom stereocenters. The summed E-state index contributed by atoms with van der Waals surface area (Å²) in [7, 11) is 0. The number of hydrogen-bond donors (Lipinski definition) is 1. The number of nitrogens with one attached hydrogen (secondary N) is 1. The number of amides is 2. The van der Waals surface area contributed by atoms with Crippen LogP contribution in [0.25, 0.3) is 0 Å². The van der Waals surface area contributed by atoms with Crippen LogP contribution in [0.1, 0.15) is 50.8 Å². The summed E-state index contributed by atoms with van der Waals surface area (Å²) in [5, 5.41) is 2.98. The number of carbonyl (C=O) groups excluding carboxylic acids is 2. The summed E-state index contributed by atoms with van der Waals surface area (Å²) in [6, 6.07) is 5.91. The molecule has 7 nitrogen and oxygen atoms in total. The third kappa shape index (κ3) is 3.54. The van der Waals surface area contributed by atoms with Gasteiger partial charge in [0.05, 0.1) is 18.9 Å². The van der Waals surface area contributed by atoms with Crippen molar-refractivity contribution < 1.29 is 14.3 Å². The van der Waals surface area contributed by atoms with Gasteiger partial charge in [-0.15, -0.1) is 0 Å². The number of hydrogen-bond acceptors (Lipinski definition) is 4. The van der Waals surface area contributed by atoms with Crippen molar-refractivity contribution in [3.05, 3.63) is 46.5 Å². The SMILES string of the molecule is Cc1ccc(NC(=O)c2nc(C(=O)N3CCOCC3)n3c2CCCC3)c(C)c1. The van der Waals surface area contributed by atoms with Gasteiger partial charge in [0.2, 0.25) is 0 Å². The van der Waals surface area contributed by atoms with E-state index in [1.54, 1.807) is 4.90 Å². The Morgan fingerprint density at radius 2 is 1.89 bits per heavy atom. The van der Waals surface area contributed by atoms with E-state index in [0.29, 0.717) is 37.8 Å². The minimum absolute atomic E-state index is 0.114. The minimum atomic E-state index is -0.251. The van der Waals surface area contributed by atoms with Crippen LogP contribution in [-0.2, 0) is 17.7 Å². The zero-order valence-electron chi connectivity index (χ0n) is 16.5. The Morgan fingerprint density at radius 3 is 2.64 bits per heavy atom. The molecule has 1 N–H and O–H groups in total. The van der Waals surface area contributed by atoms with Gasteiger partial charge in [0.15, 0.2) is 11.5 Å². The van der Waals surface area contributed by atoms with E-state index in [0.717, 1.165) is 48.3 Å². The Hall–Kier alpha value is -2.67. The summed E-state index contributed by atoms with van der Waals surface area (Å²) in [5.41, 5.74) is 4.16. The van der Waals surface area contributed by atoms with Gasteiger partial charge in [-0.2, -0.15) is 0 Å². The fraction of sp³-hybridized carbons (Fsp3) is 0.476. The Kier molecular flexibility index (Phi) is 5.17. The van der Waals surface area contributed by atoms with E-state index in [1.807, 2.05) is 36.6 Å². The maximum absolute atomic E-state index is 13.0. The Bertz CT molecular complexity index is 913. The molecule has 2 amide bonds. The second-order valence-corrected chi connectivity index (χ2v) is 7.52. The van der Waals surface area contributed by atoms with Gasteiger partial charge in [-0.1, -0.05) is 17.7 Å². The fourth-order valence-electron chi connectivity index (χ4n) is 3.93. The van der Waals surface area contributed by atoms with Crippen LogP contribution in [0.4, 0.5) is 5.69 Å². The minimum Gasteiger partial charge on any atom is -0.378 e. The van der Waals surface area contributed by atoms with Crippen LogP contribution in [0.2, 0.25) is 0 Å². The normalized spacial score (nSPS) is 16.6. The van der Waals surface area contributed by atoms with Crippen LogP contribution in [-0.4, -0.2) is 52.6 Å². The highest BCUT2D eigenvalue weighted by molar-refractivity contribution is 6.05. The molecule has 1 aromatic carbocycles. The van der Waals surface area contributed by atoms with Gasteiger partial charge < -0.3 is 19.5 Å². The number of ether oxygens (including phenoxy) is 1. The molecule has 1 saturated heterocycles. The van der Waals surface area contributed by atoms with E-state index in [1.165, 1.54) is 0 Å². The van der Waals surface area contributed by atoms with Crippen molar-refractivity contribution in [2.45, 2.75) is 39.7 Å². The molecular formula is C21H26N4O3. The van der Waals surface area contributed by atoms with Crippen molar-refractivity contribution in [2.75, 3.05) is 31.6 Å². The number of morpholine rings is 1. The number of imidazole rings is 1. The summed E-state index contributed by atoms with van der Waals surface area (Å²) in [5.74, 6) is 0.0121. The Morgan fingerprint density at radius 1 is 1.11 bits per heavy atom. The molecule has 1 aromatic heterocycles. The average Bonchev–Trinajstić information content (AvgIpc) is 3.10. The van der Waals surface area contributed by atoms with Crippen LogP contribution in [0.15, 0.2) is 18.2 Å². The first-order valence-electron chi connectivity index (χ1n) is 9.89. The molecule has 0 atom stereocenters. The molecule has 2 aliphatic heterocycles. The van der Waals surface area contributed by atoms with E-state index in [-0.39, 0.29) is 11.8 Å². The molecule has 28 heavy (non-hydrogen) atoms. The number of nitrogens with zero attached hydrogens (tertiary/aromatic N) is 3. The van der Waals surface area contributed by atoms with Gasteiger partial charge in [0.25, 0.3) is 11.8 Å². The van der Waals surface area contributed by atoms with Crippen molar-refractivity contribution in [3.63, 3.8) is 0 Å². The van der Waals surface area contributed by atoms with Crippen LogP contribution in [0, 0.1) is 13.8 Å². The summed E-state index contributed by atoms with van der Waals surface area (Å²) >= 11 is 0. The highest BCUT2D eigenvalue weighted by Crippen LogP contribution is 2.24. The van der Waals surface area contributed by atoms with Crippen LogP contribution >= 0.6 is 0 Å². The lowest BCUT2D eigenvalue weighted by molar-refractivity contribution is 0.0291. The topological polar surface area (TPSA) is 76.5 Å². The maximum atomic E-state index is 13.0. The molecule has 4 rings (SSSR count). The molecule has 0 bridgehead atoms. The second-order valence-electron chi connectivity index (χ2n) is 7.52. The van der Waals surface area contributed by atoms with Crippen LogP contribution in [0.5, 0.6) is 0 Å². The number of aryl methyl sites for hydroxylation is 2. The summed E-state index contributed by atoms with van der Waals surface area (Å²) in [6.45, 7) is 6.92. The standard InChI is InChI=1S/C21H26N4O3/c1-14-6-7-16(15(2)13-14)22-20(26)18-17-5-3-4-8-25(17)19(23-18)21(27)24-9-11-28-12-10-24/h6-7,13H,3-5,8-12H2,1-2H3,(H,22,26). The highest BCUT2D eigenvalue weighted by atomic mass is 16.5. The molecule has 148 valence electrons. The molecular weight excluding hydrogens is 356 g/mol. The molecule has 7 heteroatoms. The van der Waals surface area contributed by atoms with Crippen molar-refractivity contribution in [2.24, 2.45) is 0 Å². The Balaban J connectivity index is 1.64. The lowest BCUT2D eigenvalue weighted by atomic mass is 10.1. The quantitative estimate of drug-likeness (QED) is 0.885. The first-order chi connectivity index (χ1) is 13.5. The van der Waals surface area contributed by atoms with Crippen molar-refractivity contribution in [1.29, 1.82) is 0 Å². The summed E-state index contributed by atoms with van der Waals surface area (Å²) in [6.07, 6.45) is 2.75. The smallest absolute Gasteiger partial charge is 0.290 e. The van der Waals surface area contributed by atoms with Gasteiger partial charge in [-0.05, 0) is 44.7 Å². The Labute approximate surface area is 164 Å². The third-order valence-electron chi connectivity index (χ3n) is 5.45. The van der Waals surface area contributed by atoms with Gasteiger partial charge in [0.1, 0.15) is 0 Å². The van der Waals surface area contributed by atoms with E-state index in [4.69, 9.17) is 4.74 Å². The van der Waals surface area contributed by atoms with Crippen LogP contribution in [0.3, 0.4) is 0 Å². The number of rotatable bonds is 3. The summed E-state index contributed by atoms with van der Waals surface area (Å²) < 4.78 is 7.29. The predicted molar refractivity (Wildman–Crippen MR) is 106 cm³/mol. The fourth-order valence-corrected chi connectivity index (χ4v) is 3.93. The zero-order chi connectivity index (χ0) is 19.7. The molecule has 0 radical (unpaired) electrons. The number of fused-ring (bicyclic) bond motifs is 1. The molecule has 1 fully saturated rings. The molecule has 0 saturated carbocycles. The molecule has 2 aromatic rings. The van der Waals surface area contributed by atoms with E-state index in [9.17, 15) is 9.59 Å². The van der Waals surface area contributed by atoms with E-state index in [2.05, 4.69) is 10.3 Å². The lowest BCUT2D eigenvalue weighted by Crippen LogP contribution is -2.42. The average molecular weight is 382 g/mol. The van der Waals surface area contributed by atoms with E-state index < -0.39 is 0 Å². The maximum Gasteiger partial charge on any atom is 0.290 e. The molecule has 0 aliphatic carbocycles. The first-order valence-corrected chi connectivity index (χ1v) is 9.89. The number of carbonyl (C=O) groups is 2. The van der Waals surface area contributed by atoms with Crippen LogP contribution < -0.4 is 5.32 Å². The van der Waals surface area contributed by atoms with Gasteiger partial charge in [-0.3, -0.25) is 9.59 Å². The van der Waals surface area contributed by atoms with Crippen molar-refractivity contribution in [3.8, 4) is 0 Å².